The molecule has 7 N–H and O–H groups in total. The molecule has 0 unspecified atom stereocenters. The summed E-state index contributed by atoms with van der Waals surface area (Å²) in [7, 11) is 0. The Labute approximate surface area is 144 Å². The SMILES string of the molecule is C=CCCCC(=O)N[C@H]1[C@H]([C@H](O)[C@H](O)CO)O[C@](O)(C(=O)O)C[C@@H]1O. The number of amides is 1. The van der Waals surface area contributed by atoms with Crippen LogP contribution in [0.1, 0.15) is 25.7 Å². The largest absolute Gasteiger partial charge is 0.477 e. The highest BCUT2D eigenvalue weighted by Crippen LogP contribution is 2.30. The minimum atomic E-state index is -2.80. The molecule has 0 spiro atoms. The molecule has 0 bridgehead atoms. The highest BCUT2D eigenvalue weighted by Gasteiger charge is 2.53. The number of carbonyl (C=O) groups is 2. The van der Waals surface area contributed by atoms with Crippen LogP contribution in [-0.2, 0) is 14.3 Å². The third-order valence-electron chi connectivity index (χ3n) is 3.98. The number of hydrogen-bond donors (Lipinski definition) is 7. The first-order valence-electron chi connectivity index (χ1n) is 7.85. The molecule has 0 aliphatic carbocycles. The fraction of sp³-hybridized carbons (Fsp3) is 0.733. The topological polar surface area (TPSA) is 177 Å². The predicted molar refractivity (Wildman–Crippen MR) is 83.2 cm³/mol. The Morgan fingerprint density at radius 1 is 1.40 bits per heavy atom. The maximum atomic E-state index is 12.0. The lowest BCUT2D eigenvalue weighted by Gasteiger charge is -2.44. The van der Waals surface area contributed by atoms with Crippen LogP contribution in [0.25, 0.3) is 0 Å². The van der Waals surface area contributed by atoms with E-state index in [0.717, 1.165) is 0 Å². The molecule has 25 heavy (non-hydrogen) atoms. The molecule has 1 amide bonds. The number of unbranched alkanes of at least 4 members (excludes halogenated alkanes) is 1. The molecule has 1 rings (SSSR count). The van der Waals surface area contributed by atoms with Crippen molar-refractivity contribution < 1.29 is 45.0 Å². The molecule has 144 valence electrons. The van der Waals surface area contributed by atoms with Crippen molar-refractivity contribution in [2.45, 2.75) is 61.9 Å². The van der Waals surface area contributed by atoms with Crippen LogP contribution in [0.5, 0.6) is 0 Å². The number of ether oxygens (including phenoxy) is 1. The van der Waals surface area contributed by atoms with Gasteiger partial charge < -0.3 is 40.7 Å². The van der Waals surface area contributed by atoms with E-state index in [1.807, 2.05) is 0 Å². The molecule has 10 heteroatoms. The zero-order chi connectivity index (χ0) is 19.2. The Balaban J connectivity index is 2.96. The van der Waals surface area contributed by atoms with E-state index in [0.29, 0.717) is 12.8 Å². The molecule has 0 aromatic rings. The molecule has 0 aromatic carbocycles. The highest BCUT2D eigenvalue weighted by molar-refractivity contribution is 5.77. The van der Waals surface area contributed by atoms with Crippen LogP contribution in [0.2, 0.25) is 0 Å². The second-order valence-corrected chi connectivity index (χ2v) is 5.96. The van der Waals surface area contributed by atoms with Crippen molar-refractivity contribution in [2.75, 3.05) is 6.61 Å². The number of carbonyl (C=O) groups excluding carboxylic acids is 1. The smallest absolute Gasteiger partial charge is 0.364 e. The summed E-state index contributed by atoms with van der Waals surface area (Å²) in [6.45, 7) is 2.65. The molecule has 6 atom stereocenters. The first-order valence-corrected chi connectivity index (χ1v) is 7.85. The van der Waals surface area contributed by atoms with Gasteiger partial charge in [0.05, 0.1) is 18.8 Å². The van der Waals surface area contributed by atoms with Gasteiger partial charge in [-0.2, -0.15) is 0 Å². The van der Waals surface area contributed by atoms with Crippen molar-refractivity contribution in [1.82, 2.24) is 5.32 Å². The maximum absolute atomic E-state index is 12.0. The molecule has 1 aliphatic heterocycles. The molecule has 1 saturated heterocycles. The number of aliphatic hydroxyl groups excluding tert-OH is 4. The first kappa shape index (κ1) is 21.5. The van der Waals surface area contributed by atoms with Crippen LogP contribution in [0.4, 0.5) is 0 Å². The predicted octanol–water partition coefficient (Wildman–Crippen LogP) is -2.54. The van der Waals surface area contributed by atoms with Crippen LogP contribution in [0.3, 0.4) is 0 Å². The maximum Gasteiger partial charge on any atom is 0.364 e. The van der Waals surface area contributed by atoms with E-state index in [1.165, 1.54) is 0 Å². The number of nitrogens with one attached hydrogen (secondary N) is 1. The lowest BCUT2D eigenvalue weighted by atomic mass is 9.88. The Kier molecular flexibility index (Phi) is 7.93. The Morgan fingerprint density at radius 3 is 2.56 bits per heavy atom. The van der Waals surface area contributed by atoms with E-state index in [-0.39, 0.29) is 6.42 Å². The van der Waals surface area contributed by atoms with Gasteiger partial charge >= 0.3 is 5.97 Å². The Morgan fingerprint density at radius 2 is 2.04 bits per heavy atom. The van der Waals surface area contributed by atoms with Crippen molar-refractivity contribution >= 4 is 11.9 Å². The monoisotopic (exact) mass is 363 g/mol. The fourth-order valence-corrected chi connectivity index (χ4v) is 2.57. The minimum absolute atomic E-state index is 0.0871. The third kappa shape index (κ3) is 5.46. The van der Waals surface area contributed by atoms with Gasteiger partial charge in [-0.15, -0.1) is 6.58 Å². The zero-order valence-electron chi connectivity index (χ0n) is 13.6. The second kappa shape index (κ2) is 9.22. The third-order valence-corrected chi connectivity index (χ3v) is 3.98. The van der Waals surface area contributed by atoms with Crippen molar-refractivity contribution in [3.05, 3.63) is 12.7 Å². The number of hydrogen-bond acceptors (Lipinski definition) is 8. The molecule has 1 heterocycles. The number of carboxylic acids is 1. The van der Waals surface area contributed by atoms with Crippen molar-refractivity contribution in [3.63, 3.8) is 0 Å². The van der Waals surface area contributed by atoms with Crippen LogP contribution in [0.15, 0.2) is 12.7 Å². The number of aliphatic carboxylic acids is 1. The molecule has 1 fully saturated rings. The van der Waals surface area contributed by atoms with Crippen molar-refractivity contribution in [2.24, 2.45) is 0 Å². The summed E-state index contributed by atoms with van der Waals surface area (Å²) in [5, 5.41) is 60.2. The zero-order valence-corrected chi connectivity index (χ0v) is 13.6. The summed E-state index contributed by atoms with van der Waals surface area (Å²) >= 11 is 0. The Bertz CT molecular complexity index is 486. The number of allylic oxidation sites excluding steroid dienone is 1. The van der Waals surface area contributed by atoms with E-state index < -0.39 is 61.1 Å². The molecular weight excluding hydrogens is 338 g/mol. The summed E-state index contributed by atoms with van der Waals surface area (Å²) in [6.07, 6.45) is -4.77. The summed E-state index contributed by atoms with van der Waals surface area (Å²) in [5.41, 5.74) is 0. The van der Waals surface area contributed by atoms with E-state index >= 15 is 0 Å². The van der Waals surface area contributed by atoms with Gasteiger partial charge in [0.15, 0.2) is 0 Å². The molecular formula is C15H25NO9. The average molecular weight is 363 g/mol. The highest BCUT2D eigenvalue weighted by atomic mass is 16.7. The van der Waals surface area contributed by atoms with Crippen molar-refractivity contribution in [3.8, 4) is 0 Å². The van der Waals surface area contributed by atoms with Gasteiger partial charge in [0.25, 0.3) is 5.79 Å². The standard InChI is InChI=1S/C15H25NO9/c1-2-3-4-5-10(20)16-11-8(18)6-15(24,14(22)23)25-13(11)12(21)9(19)7-17/h2,8-9,11-13,17-19,21,24H,1,3-7H2,(H,16,20)(H,22,23)/t8-,9+,11+,12+,13+,15-/m0/s1. The Hall–Kier alpha value is -1.56. The number of aliphatic hydroxyl groups is 5. The van der Waals surface area contributed by atoms with E-state index in [4.69, 9.17) is 14.9 Å². The lowest BCUT2D eigenvalue weighted by molar-refractivity contribution is -0.295. The van der Waals surface area contributed by atoms with Crippen LogP contribution in [-0.4, -0.2) is 85.4 Å². The molecule has 0 saturated carbocycles. The van der Waals surface area contributed by atoms with Gasteiger partial charge in [-0.3, -0.25) is 4.79 Å². The van der Waals surface area contributed by atoms with Gasteiger partial charge in [0, 0.05) is 12.8 Å². The normalized spacial score (nSPS) is 31.8. The van der Waals surface area contributed by atoms with Gasteiger partial charge in [-0.25, -0.2) is 4.79 Å². The van der Waals surface area contributed by atoms with E-state index in [1.54, 1.807) is 6.08 Å². The van der Waals surface area contributed by atoms with E-state index in [9.17, 15) is 30.0 Å². The minimum Gasteiger partial charge on any atom is -0.477 e. The van der Waals surface area contributed by atoms with Gasteiger partial charge in [-0.1, -0.05) is 6.08 Å². The molecule has 0 radical (unpaired) electrons. The second-order valence-electron chi connectivity index (χ2n) is 5.96. The fourth-order valence-electron chi connectivity index (χ4n) is 2.57. The van der Waals surface area contributed by atoms with Gasteiger partial charge in [0.2, 0.25) is 5.91 Å². The molecule has 10 nitrogen and oxygen atoms in total. The summed E-state index contributed by atoms with van der Waals surface area (Å²) in [4.78, 5) is 23.1. The summed E-state index contributed by atoms with van der Waals surface area (Å²) < 4.78 is 4.97. The molecule has 1 aliphatic rings. The van der Waals surface area contributed by atoms with Gasteiger partial charge in [0.1, 0.15) is 18.3 Å². The summed E-state index contributed by atoms with van der Waals surface area (Å²) in [6, 6.07) is -1.29. The first-order chi connectivity index (χ1) is 11.7. The number of rotatable bonds is 9. The molecule has 0 aromatic heterocycles. The lowest BCUT2D eigenvalue weighted by Crippen LogP contribution is -2.67. The van der Waals surface area contributed by atoms with E-state index in [2.05, 4.69) is 11.9 Å². The number of carboxylic acid groups (broad SMARTS) is 1. The van der Waals surface area contributed by atoms with Crippen LogP contribution >= 0.6 is 0 Å². The average Bonchev–Trinajstić information content (AvgIpc) is 2.55. The van der Waals surface area contributed by atoms with Crippen LogP contribution < -0.4 is 5.32 Å². The van der Waals surface area contributed by atoms with Gasteiger partial charge in [-0.05, 0) is 12.8 Å². The van der Waals surface area contributed by atoms with Crippen molar-refractivity contribution in [1.29, 1.82) is 0 Å². The summed E-state index contributed by atoms with van der Waals surface area (Å²) in [5.74, 6) is -5.09. The quantitative estimate of drug-likeness (QED) is 0.172. The van der Waals surface area contributed by atoms with Crippen LogP contribution in [0, 0.1) is 0 Å².